The van der Waals surface area contributed by atoms with Crippen LogP contribution in [0, 0.1) is 0 Å². The van der Waals surface area contributed by atoms with Gasteiger partial charge in [-0.05, 0) is 43.4 Å². The quantitative estimate of drug-likeness (QED) is 0.451. The lowest BCUT2D eigenvalue weighted by molar-refractivity contribution is -0.115. The molecule has 1 aliphatic carbocycles. The van der Waals surface area contributed by atoms with Crippen molar-refractivity contribution >= 4 is 34.1 Å². The second kappa shape index (κ2) is 7.91. The molecule has 1 N–H and O–H groups in total. The zero-order chi connectivity index (χ0) is 20.5. The lowest BCUT2D eigenvalue weighted by atomic mass is 10.1. The van der Waals surface area contributed by atoms with Gasteiger partial charge >= 0.3 is 0 Å². The zero-order valence-electron chi connectivity index (χ0n) is 16.5. The number of pyridine rings is 1. The van der Waals surface area contributed by atoms with Gasteiger partial charge in [-0.2, -0.15) is 0 Å². The monoisotopic (exact) mass is 415 g/mol. The normalized spacial score (nSPS) is 14.6. The predicted octanol–water partition coefficient (Wildman–Crippen LogP) is 4.95. The smallest absolute Gasteiger partial charge is 0.237 e. The summed E-state index contributed by atoms with van der Waals surface area (Å²) in [6.07, 6.45) is 5.76. The van der Waals surface area contributed by atoms with Crippen molar-refractivity contribution < 1.29 is 4.79 Å². The lowest BCUT2D eigenvalue weighted by Crippen LogP contribution is -2.23. The van der Waals surface area contributed by atoms with Crippen LogP contribution in [0.15, 0.2) is 72.1 Å². The number of carbonyl (C=O) groups is 1. The Balaban J connectivity index is 1.37. The number of amides is 1. The predicted molar refractivity (Wildman–Crippen MR) is 119 cm³/mol. The van der Waals surface area contributed by atoms with Crippen molar-refractivity contribution in [3.8, 4) is 11.4 Å². The molecule has 1 amide bonds. The molecule has 30 heavy (non-hydrogen) atoms. The average molecular weight is 416 g/mol. The third kappa shape index (κ3) is 3.68. The molecule has 150 valence electrons. The van der Waals surface area contributed by atoms with Gasteiger partial charge < -0.3 is 5.32 Å². The number of benzene rings is 2. The van der Waals surface area contributed by atoms with Crippen molar-refractivity contribution in [1.82, 2.24) is 19.7 Å². The molecule has 0 saturated heterocycles. The summed E-state index contributed by atoms with van der Waals surface area (Å²) >= 11 is 1.44. The summed E-state index contributed by atoms with van der Waals surface area (Å²) in [4.78, 5) is 17.1. The van der Waals surface area contributed by atoms with Gasteiger partial charge in [0.1, 0.15) is 0 Å². The summed E-state index contributed by atoms with van der Waals surface area (Å²) in [5.74, 6) is 0.763. The SMILES string of the molecule is C[C@@H](Sc1nnc(-c2cccnc2)n1C1CC1)C(=O)Nc1cccc2ccccc12. The van der Waals surface area contributed by atoms with E-state index in [1.807, 2.05) is 61.5 Å². The fraction of sp³-hybridized carbons (Fsp3) is 0.217. The van der Waals surface area contributed by atoms with Gasteiger partial charge in [0.15, 0.2) is 11.0 Å². The number of hydrogen-bond donors (Lipinski definition) is 1. The summed E-state index contributed by atoms with van der Waals surface area (Å²) in [6.45, 7) is 1.90. The molecule has 5 rings (SSSR count). The third-order valence-corrected chi connectivity index (χ3v) is 6.25. The van der Waals surface area contributed by atoms with E-state index in [1.165, 1.54) is 11.8 Å². The number of fused-ring (bicyclic) bond motifs is 1. The van der Waals surface area contributed by atoms with Crippen LogP contribution in [0.4, 0.5) is 5.69 Å². The minimum Gasteiger partial charge on any atom is -0.325 e. The van der Waals surface area contributed by atoms with Crippen molar-refractivity contribution in [2.45, 2.75) is 36.2 Å². The Bertz CT molecular complexity index is 1200. The molecular weight excluding hydrogens is 394 g/mol. The molecule has 1 fully saturated rings. The van der Waals surface area contributed by atoms with Gasteiger partial charge in [0.2, 0.25) is 5.91 Å². The number of thioether (sulfide) groups is 1. The summed E-state index contributed by atoms with van der Waals surface area (Å²) in [5.41, 5.74) is 1.77. The first-order chi connectivity index (χ1) is 14.7. The third-order valence-electron chi connectivity index (χ3n) is 5.20. The van der Waals surface area contributed by atoms with Gasteiger partial charge in [-0.3, -0.25) is 14.3 Å². The van der Waals surface area contributed by atoms with Crippen molar-refractivity contribution in [2.24, 2.45) is 0 Å². The van der Waals surface area contributed by atoms with Crippen LogP contribution in [0.5, 0.6) is 0 Å². The van der Waals surface area contributed by atoms with Gasteiger partial charge in [0.25, 0.3) is 0 Å². The van der Waals surface area contributed by atoms with Gasteiger partial charge in [0, 0.05) is 35.1 Å². The molecule has 0 bridgehead atoms. The maximum absolute atomic E-state index is 12.9. The fourth-order valence-corrected chi connectivity index (χ4v) is 4.41. The van der Waals surface area contributed by atoms with Crippen molar-refractivity contribution in [3.05, 3.63) is 67.0 Å². The van der Waals surface area contributed by atoms with Crippen LogP contribution in [-0.4, -0.2) is 30.9 Å². The second-order valence-electron chi connectivity index (χ2n) is 7.43. The first-order valence-corrected chi connectivity index (χ1v) is 10.9. The Labute approximate surface area is 178 Å². The Hall–Kier alpha value is -3.19. The molecule has 2 aromatic carbocycles. The number of hydrogen-bond acceptors (Lipinski definition) is 5. The maximum Gasteiger partial charge on any atom is 0.237 e. The maximum atomic E-state index is 12.9. The first-order valence-electron chi connectivity index (χ1n) is 10.0. The standard InChI is InChI=1S/C23H21N5OS/c1-15(22(29)25-20-10-4-7-16-6-2-3-9-19(16)20)30-23-27-26-21(28(23)18-11-12-18)17-8-5-13-24-14-17/h2-10,13-15,18H,11-12H2,1H3,(H,25,29)/t15-/m1/s1. The van der Waals surface area contributed by atoms with E-state index in [1.54, 1.807) is 12.4 Å². The highest BCUT2D eigenvalue weighted by Gasteiger charge is 2.31. The number of nitrogens with one attached hydrogen (secondary N) is 1. The Morgan fingerprint density at radius 1 is 1.10 bits per heavy atom. The van der Waals surface area contributed by atoms with Crippen molar-refractivity contribution in [1.29, 1.82) is 0 Å². The Kier molecular flexibility index (Phi) is 4.96. The van der Waals surface area contributed by atoms with Crippen molar-refractivity contribution in [2.75, 3.05) is 5.32 Å². The van der Waals surface area contributed by atoms with Gasteiger partial charge in [-0.1, -0.05) is 48.2 Å². The highest BCUT2D eigenvalue weighted by atomic mass is 32.2. The van der Waals surface area contributed by atoms with Gasteiger partial charge in [-0.15, -0.1) is 10.2 Å². The highest BCUT2D eigenvalue weighted by Crippen LogP contribution is 2.41. The molecule has 2 heterocycles. The summed E-state index contributed by atoms with van der Waals surface area (Å²) in [5, 5.41) is 14.5. The molecule has 0 radical (unpaired) electrons. The molecule has 6 nitrogen and oxygen atoms in total. The number of aromatic nitrogens is 4. The number of anilines is 1. The van der Waals surface area contributed by atoms with Crippen LogP contribution in [0.3, 0.4) is 0 Å². The van der Waals surface area contributed by atoms with Crippen molar-refractivity contribution in [3.63, 3.8) is 0 Å². The molecule has 1 atom stereocenters. The molecule has 4 aromatic rings. The zero-order valence-corrected chi connectivity index (χ0v) is 17.3. The molecule has 0 aliphatic heterocycles. The number of rotatable bonds is 6. The van der Waals surface area contributed by atoms with Crippen LogP contribution in [0.2, 0.25) is 0 Å². The Morgan fingerprint density at radius 2 is 1.93 bits per heavy atom. The van der Waals surface area contributed by atoms with E-state index in [9.17, 15) is 4.79 Å². The number of carbonyl (C=O) groups excluding carboxylic acids is 1. The minimum atomic E-state index is -0.313. The van der Waals surface area contributed by atoms with E-state index >= 15 is 0 Å². The molecule has 7 heteroatoms. The van der Waals surface area contributed by atoms with E-state index in [-0.39, 0.29) is 11.2 Å². The molecule has 1 aliphatic rings. The van der Waals surface area contributed by atoms with Crippen LogP contribution >= 0.6 is 11.8 Å². The topological polar surface area (TPSA) is 72.7 Å². The van der Waals surface area contributed by atoms with Gasteiger partial charge in [0.05, 0.1) is 5.25 Å². The molecule has 1 saturated carbocycles. The van der Waals surface area contributed by atoms with E-state index in [2.05, 4.69) is 25.1 Å². The number of nitrogens with zero attached hydrogens (tertiary/aromatic N) is 4. The fourth-order valence-electron chi connectivity index (χ4n) is 3.49. The molecular formula is C23H21N5OS. The van der Waals surface area contributed by atoms with Gasteiger partial charge in [-0.25, -0.2) is 0 Å². The average Bonchev–Trinajstić information content (AvgIpc) is 3.54. The highest BCUT2D eigenvalue weighted by molar-refractivity contribution is 8.00. The van der Waals surface area contributed by atoms with Crippen LogP contribution in [0.1, 0.15) is 25.8 Å². The van der Waals surface area contributed by atoms with E-state index < -0.39 is 0 Å². The summed E-state index contributed by atoms with van der Waals surface area (Å²) < 4.78 is 2.16. The second-order valence-corrected chi connectivity index (χ2v) is 8.73. The van der Waals surface area contributed by atoms with Crippen LogP contribution in [-0.2, 0) is 4.79 Å². The molecule has 0 unspecified atom stereocenters. The van der Waals surface area contributed by atoms with E-state index in [0.717, 1.165) is 45.8 Å². The summed E-state index contributed by atoms with van der Waals surface area (Å²) in [7, 11) is 0. The molecule has 0 spiro atoms. The van der Waals surface area contributed by atoms with Crippen LogP contribution in [0.25, 0.3) is 22.2 Å². The summed E-state index contributed by atoms with van der Waals surface area (Å²) in [6, 6.07) is 18.3. The first kappa shape index (κ1) is 18.8. The molecule has 2 aromatic heterocycles. The van der Waals surface area contributed by atoms with Crippen LogP contribution < -0.4 is 5.32 Å². The van der Waals surface area contributed by atoms with E-state index in [0.29, 0.717) is 6.04 Å². The van der Waals surface area contributed by atoms with E-state index in [4.69, 9.17) is 0 Å². The Morgan fingerprint density at radius 3 is 2.73 bits per heavy atom. The lowest BCUT2D eigenvalue weighted by Gasteiger charge is -2.14. The largest absolute Gasteiger partial charge is 0.325 e. The minimum absolute atomic E-state index is 0.0513.